The largest absolute Gasteiger partial charge is 0.573 e. The summed E-state index contributed by atoms with van der Waals surface area (Å²) >= 11 is 2.98. The molecule has 1 heterocycles. The van der Waals surface area contributed by atoms with Crippen LogP contribution in [0.3, 0.4) is 0 Å². The van der Waals surface area contributed by atoms with Crippen LogP contribution in [0.2, 0.25) is 0 Å². The van der Waals surface area contributed by atoms with Crippen LogP contribution in [-0.2, 0) is 10.1 Å². The number of carbonyl (C=O) groups excluding carboxylic acids is 1. The van der Waals surface area contributed by atoms with Crippen LogP contribution in [0, 0.1) is 0 Å². The van der Waals surface area contributed by atoms with Crippen molar-refractivity contribution >= 4 is 21.9 Å². The number of carbonyl (C=O) groups is 1. The topological polar surface area (TPSA) is 57.7 Å². The van der Waals surface area contributed by atoms with Crippen molar-refractivity contribution in [1.82, 2.24) is 4.98 Å². The summed E-state index contributed by atoms with van der Waals surface area (Å²) < 4.78 is 50.8. The van der Waals surface area contributed by atoms with Crippen LogP contribution in [0.5, 0.6) is 11.5 Å². The molecule has 112 valence electrons. The standard InChI is InChI=1S/C11H11BrF3NO4/c1-3-19-10(17)8-7(18-2)5-16-6(4-12)9(8)20-11(13,14)15/h5H,3-4H2,1-2H3. The molecule has 0 N–H and O–H groups in total. The first kappa shape index (κ1) is 16.5. The lowest BCUT2D eigenvalue weighted by Crippen LogP contribution is -2.21. The van der Waals surface area contributed by atoms with Gasteiger partial charge in [-0.2, -0.15) is 0 Å². The molecule has 0 radical (unpaired) electrons. The van der Waals surface area contributed by atoms with Crippen LogP contribution in [0.15, 0.2) is 6.20 Å². The van der Waals surface area contributed by atoms with Crippen molar-refractivity contribution in [1.29, 1.82) is 0 Å². The molecular weight excluding hydrogens is 347 g/mol. The number of alkyl halides is 4. The van der Waals surface area contributed by atoms with Gasteiger partial charge < -0.3 is 14.2 Å². The number of ether oxygens (including phenoxy) is 3. The van der Waals surface area contributed by atoms with Crippen molar-refractivity contribution in [3.63, 3.8) is 0 Å². The van der Waals surface area contributed by atoms with Gasteiger partial charge >= 0.3 is 12.3 Å². The predicted octanol–water partition coefficient (Wildman–Crippen LogP) is 3.06. The maximum Gasteiger partial charge on any atom is 0.573 e. The highest BCUT2D eigenvalue weighted by Gasteiger charge is 2.36. The fraction of sp³-hybridized carbons (Fsp3) is 0.455. The Morgan fingerprint density at radius 2 is 2.10 bits per heavy atom. The number of rotatable bonds is 5. The number of hydrogen-bond acceptors (Lipinski definition) is 5. The zero-order valence-corrected chi connectivity index (χ0v) is 12.2. The third-order valence-electron chi connectivity index (χ3n) is 2.12. The highest BCUT2D eigenvalue weighted by Crippen LogP contribution is 2.36. The van der Waals surface area contributed by atoms with Gasteiger partial charge in [-0.25, -0.2) is 4.79 Å². The molecule has 0 aliphatic heterocycles. The molecule has 0 fully saturated rings. The molecule has 0 aromatic carbocycles. The number of halogens is 4. The van der Waals surface area contributed by atoms with Crippen molar-refractivity contribution in [2.24, 2.45) is 0 Å². The lowest BCUT2D eigenvalue weighted by molar-refractivity contribution is -0.275. The summed E-state index contributed by atoms with van der Waals surface area (Å²) in [4.78, 5) is 15.6. The Morgan fingerprint density at radius 1 is 1.45 bits per heavy atom. The monoisotopic (exact) mass is 357 g/mol. The van der Waals surface area contributed by atoms with Gasteiger partial charge in [0.25, 0.3) is 0 Å². The molecule has 20 heavy (non-hydrogen) atoms. The molecular formula is C11H11BrF3NO4. The predicted molar refractivity (Wildman–Crippen MR) is 66.1 cm³/mol. The van der Waals surface area contributed by atoms with E-state index in [-0.39, 0.29) is 23.4 Å². The summed E-state index contributed by atoms with van der Waals surface area (Å²) in [5.41, 5.74) is -0.540. The summed E-state index contributed by atoms with van der Waals surface area (Å²) in [5.74, 6) is -1.87. The van der Waals surface area contributed by atoms with E-state index in [1.807, 2.05) is 0 Å². The van der Waals surface area contributed by atoms with Gasteiger partial charge in [-0.3, -0.25) is 4.98 Å². The number of pyridine rings is 1. The van der Waals surface area contributed by atoms with Crippen LogP contribution in [-0.4, -0.2) is 31.0 Å². The average Bonchev–Trinajstić information content (AvgIpc) is 2.36. The minimum Gasteiger partial charge on any atom is -0.494 e. The van der Waals surface area contributed by atoms with E-state index < -0.39 is 23.6 Å². The Hall–Kier alpha value is -1.51. The van der Waals surface area contributed by atoms with Crippen LogP contribution in [0.4, 0.5) is 13.2 Å². The second-order valence-electron chi connectivity index (χ2n) is 3.38. The van der Waals surface area contributed by atoms with Gasteiger partial charge in [-0.15, -0.1) is 13.2 Å². The SMILES string of the molecule is CCOC(=O)c1c(OC)cnc(CBr)c1OC(F)(F)F. The Balaban J connectivity index is 3.43. The van der Waals surface area contributed by atoms with E-state index in [2.05, 4.69) is 25.7 Å². The van der Waals surface area contributed by atoms with E-state index in [0.29, 0.717) is 0 Å². The van der Waals surface area contributed by atoms with Gasteiger partial charge in [0.2, 0.25) is 0 Å². The molecule has 1 aromatic rings. The number of hydrogen-bond donors (Lipinski definition) is 0. The van der Waals surface area contributed by atoms with E-state index in [1.165, 1.54) is 14.0 Å². The Morgan fingerprint density at radius 3 is 2.55 bits per heavy atom. The molecule has 0 amide bonds. The van der Waals surface area contributed by atoms with E-state index in [9.17, 15) is 18.0 Å². The van der Waals surface area contributed by atoms with Crippen LogP contribution < -0.4 is 9.47 Å². The zero-order valence-electron chi connectivity index (χ0n) is 10.6. The van der Waals surface area contributed by atoms with E-state index in [1.54, 1.807) is 0 Å². The molecule has 0 bridgehead atoms. The Kier molecular flexibility index (Phi) is 5.61. The van der Waals surface area contributed by atoms with Crippen LogP contribution in [0.25, 0.3) is 0 Å². The van der Waals surface area contributed by atoms with Gasteiger partial charge in [0.05, 0.1) is 25.6 Å². The minimum atomic E-state index is -4.97. The molecule has 0 saturated carbocycles. The van der Waals surface area contributed by atoms with E-state index >= 15 is 0 Å². The quantitative estimate of drug-likeness (QED) is 0.598. The first-order valence-corrected chi connectivity index (χ1v) is 6.50. The van der Waals surface area contributed by atoms with Crippen molar-refractivity contribution in [3.8, 4) is 11.5 Å². The summed E-state index contributed by atoms with van der Waals surface area (Å²) in [6, 6.07) is 0. The fourth-order valence-corrected chi connectivity index (χ4v) is 1.79. The first-order valence-electron chi connectivity index (χ1n) is 5.38. The molecule has 0 aliphatic carbocycles. The zero-order chi connectivity index (χ0) is 15.3. The lowest BCUT2D eigenvalue weighted by atomic mass is 10.2. The van der Waals surface area contributed by atoms with Gasteiger partial charge in [-0.05, 0) is 6.92 Å². The van der Waals surface area contributed by atoms with Gasteiger partial charge in [0.15, 0.2) is 11.5 Å². The Bertz CT molecular complexity index is 493. The molecule has 0 aliphatic rings. The Labute approximate surface area is 121 Å². The molecule has 1 aromatic heterocycles. The van der Waals surface area contributed by atoms with Gasteiger partial charge in [0.1, 0.15) is 5.56 Å². The second-order valence-corrected chi connectivity index (χ2v) is 3.94. The van der Waals surface area contributed by atoms with E-state index in [0.717, 1.165) is 6.20 Å². The molecule has 0 saturated heterocycles. The second kappa shape index (κ2) is 6.78. The third-order valence-corrected chi connectivity index (χ3v) is 2.65. The molecule has 1 rings (SSSR count). The molecule has 0 spiro atoms. The molecule has 0 unspecified atom stereocenters. The molecule has 9 heteroatoms. The van der Waals surface area contributed by atoms with Crippen LogP contribution in [0.1, 0.15) is 23.0 Å². The summed E-state index contributed by atoms with van der Waals surface area (Å²) in [5, 5.41) is -0.0329. The molecule has 0 atom stereocenters. The minimum absolute atomic E-state index is 0.000581. The van der Waals surface area contributed by atoms with Crippen molar-refractivity contribution in [2.75, 3.05) is 13.7 Å². The maximum atomic E-state index is 12.5. The first-order chi connectivity index (χ1) is 9.34. The average molecular weight is 358 g/mol. The van der Waals surface area contributed by atoms with Crippen molar-refractivity contribution < 1.29 is 32.2 Å². The highest BCUT2D eigenvalue weighted by atomic mass is 79.9. The lowest BCUT2D eigenvalue weighted by Gasteiger charge is -2.17. The van der Waals surface area contributed by atoms with Gasteiger partial charge in [-0.1, -0.05) is 15.9 Å². The smallest absolute Gasteiger partial charge is 0.494 e. The summed E-state index contributed by atoms with van der Waals surface area (Å²) in [6.07, 6.45) is -3.84. The van der Waals surface area contributed by atoms with E-state index in [4.69, 9.17) is 9.47 Å². The number of esters is 1. The van der Waals surface area contributed by atoms with Crippen LogP contribution >= 0.6 is 15.9 Å². The summed E-state index contributed by atoms with van der Waals surface area (Å²) in [7, 11) is 1.20. The highest BCUT2D eigenvalue weighted by molar-refractivity contribution is 9.08. The van der Waals surface area contributed by atoms with Crippen molar-refractivity contribution in [3.05, 3.63) is 17.5 Å². The normalized spacial score (nSPS) is 11.1. The maximum absolute atomic E-state index is 12.5. The number of aromatic nitrogens is 1. The molecule has 5 nitrogen and oxygen atoms in total. The third kappa shape index (κ3) is 3.99. The van der Waals surface area contributed by atoms with Crippen molar-refractivity contribution in [2.45, 2.75) is 18.6 Å². The summed E-state index contributed by atoms with van der Waals surface area (Å²) in [6.45, 7) is 1.53. The fourth-order valence-electron chi connectivity index (χ4n) is 1.39. The number of nitrogens with zero attached hydrogens (tertiary/aromatic N) is 1. The van der Waals surface area contributed by atoms with Gasteiger partial charge in [0, 0.05) is 5.33 Å². The number of methoxy groups -OCH3 is 1.